The topological polar surface area (TPSA) is 106 Å². The summed E-state index contributed by atoms with van der Waals surface area (Å²) in [6.07, 6.45) is 3.62. The van der Waals surface area contributed by atoms with Crippen molar-refractivity contribution >= 4 is 11.7 Å². The quantitative estimate of drug-likeness (QED) is 0.524. The maximum atomic E-state index is 14.1. The second-order valence-electron chi connectivity index (χ2n) is 7.05. The minimum absolute atomic E-state index is 0.110. The molecule has 0 spiro atoms. The molecule has 8 nitrogen and oxygen atoms in total. The van der Waals surface area contributed by atoms with Gasteiger partial charge in [0.05, 0.1) is 17.5 Å². The normalized spacial score (nSPS) is 12.7. The summed E-state index contributed by atoms with van der Waals surface area (Å²) >= 11 is 0. The number of aromatic amines is 1. The van der Waals surface area contributed by atoms with Crippen LogP contribution in [-0.2, 0) is 12.8 Å². The average Bonchev–Trinajstić information content (AvgIpc) is 3.48. The molecule has 4 aromatic rings. The lowest BCUT2D eigenvalue weighted by molar-refractivity contribution is 0.102. The third kappa shape index (κ3) is 3.41. The van der Waals surface area contributed by atoms with Gasteiger partial charge in [0.1, 0.15) is 23.1 Å². The van der Waals surface area contributed by atoms with Gasteiger partial charge in [-0.05, 0) is 43.5 Å². The van der Waals surface area contributed by atoms with E-state index in [1.165, 1.54) is 17.0 Å². The molecule has 0 atom stereocenters. The molecule has 1 aliphatic rings. The molecule has 3 aromatic heterocycles. The van der Waals surface area contributed by atoms with Crippen LogP contribution in [0.5, 0.6) is 0 Å². The number of aryl methyl sites for hydroxylation is 1. The fraction of sp³-hybridized carbons (Fsp3) is 0.143. The highest BCUT2D eigenvalue weighted by molar-refractivity contribution is 6.04. The molecule has 1 aromatic carbocycles. The Morgan fingerprint density at radius 2 is 2.06 bits per heavy atom. The molecule has 0 aliphatic heterocycles. The van der Waals surface area contributed by atoms with Gasteiger partial charge in [0.15, 0.2) is 5.76 Å². The molecule has 1 amide bonds. The molecule has 0 fully saturated rings. The van der Waals surface area contributed by atoms with E-state index in [1.54, 1.807) is 12.1 Å². The van der Waals surface area contributed by atoms with Crippen molar-refractivity contribution in [2.45, 2.75) is 19.3 Å². The van der Waals surface area contributed by atoms with Crippen molar-refractivity contribution in [1.82, 2.24) is 19.7 Å². The number of furan rings is 1. The number of hydrogen-bond acceptors (Lipinski definition) is 5. The number of carbonyl (C=O) groups excluding carboxylic acids is 1. The highest BCUT2D eigenvalue weighted by Crippen LogP contribution is 2.25. The predicted molar refractivity (Wildman–Crippen MR) is 106 cm³/mol. The van der Waals surface area contributed by atoms with E-state index in [0.29, 0.717) is 41.6 Å². The molecule has 1 aliphatic carbocycles. The Labute approximate surface area is 173 Å². The van der Waals surface area contributed by atoms with Crippen LogP contribution >= 0.6 is 0 Å². The second-order valence-corrected chi connectivity index (χ2v) is 7.05. The van der Waals surface area contributed by atoms with E-state index in [9.17, 15) is 18.4 Å². The SMILES string of the molecule is O=C(Nc1cc(-c2ccco2)nn1-c1nc2c(c(=O)[nH]1)CCC2)c1ccc(F)cc1F. The number of aromatic nitrogens is 4. The van der Waals surface area contributed by atoms with Gasteiger partial charge < -0.3 is 9.73 Å². The van der Waals surface area contributed by atoms with Crippen molar-refractivity contribution in [2.75, 3.05) is 5.32 Å². The van der Waals surface area contributed by atoms with Crippen LogP contribution in [0.25, 0.3) is 17.4 Å². The molecule has 5 rings (SSSR count). The van der Waals surface area contributed by atoms with Crippen LogP contribution in [0.4, 0.5) is 14.6 Å². The summed E-state index contributed by atoms with van der Waals surface area (Å²) in [7, 11) is 0. The third-order valence-corrected chi connectivity index (χ3v) is 5.03. The number of hydrogen-bond donors (Lipinski definition) is 2. The Bertz CT molecular complexity index is 1360. The van der Waals surface area contributed by atoms with Gasteiger partial charge in [-0.25, -0.2) is 13.8 Å². The second kappa shape index (κ2) is 7.31. The smallest absolute Gasteiger partial charge is 0.259 e. The number of benzene rings is 1. The van der Waals surface area contributed by atoms with Crippen molar-refractivity contribution in [2.24, 2.45) is 0 Å². The van der Waals surface area contributed by atoms with E-state index in [-0.39, 0.29) is 22.9 Å². The molecule has 0 saturated carbocycles. The fourth-order valence-corrected chi connectivity index (χ4v) is 3.56. The van der Waals surface area contributed by atoms with Crippen LogP contribution in [0, 0.1) is 11.6 Å². The molecule has 2 N–H and O–H groups in total. The van der Waals surface area contributed by atoms with Crippen molar-refractivity contribution in [1.29, 1.82) is 0 Å². The van der Waals surface area contributed by atoms with E-state index in [2.05, 4.69) is 20.4 Å². The van der Waals surface area contributed by atoms with Crippen molar-refractivity contribution in [3.8, 4) is 17.4 Å². The standard InChI is InChI=1S/C21H15F2N5O3/c22-11-6-7-12(14(23)9-11)19(29)25-18-10-16(17-5-2-8-31-17)27-28(18)21-24-15-4-1-3-13(15)20(30)26-21/h2,5-10H,1,3-4H2,(H,25,29)(H,24,26,30). The number of fused-ring (bicyclic) bond motifs is 1. The first-order valence-electron chi connectivity index (χ1n) is 9.52. The van der Waals surface area contributed by atoms with Gasteiger partial charge in [0.25, 0.3) is 11.5 Å². The van der Waals surface area contributed by atoms with Crippen LogP contribution in [-0.4, -0.2) is 25.7 Å². The summed E-state index contributed by atoms with van der Waals surface area (Å²) in [4.78, 5) is 32.3. The molecule has 0 bridgehead atoms. The van der Waals surface area contributed by atoms with Gasteiger partial charge in [-0.3, -0.25) is 14.6 Å². The number of rotatable bonds is 4. The summed E-state index contributed by atoms with van der Waals surface area (Å²) in [5.74, 6) is -1.95. The summed E-state index contributed by atoms with van der Waals surface area (Å²) in [5.41, 5.74) is 1.07. The average molecular weight is 423 g/mol. The summed E-state index contributed by atoms with van der Waals surface area (Å²) < 4.78 is 33.9. The molecule has 3 heterocycles. The minimum atomic E-state index is -1.00. The van der Waals surface area contributed by atoms with E-state index in [4.69, 9.17) is 4.42 Å². The number of H-pyrrole nitrogens is 1. The molecule has 31 heavy (non-hydrogen) atoms. The van der Waals surface area contributed by atoms with Crippen LogP contribution in [0.2, 0.25) is 0 Å². The number of nitrogens with one attached hydrogen (secondary N) is 2. The number of halogens is 2. The number of anilines is 1. The Balaban J connectivity index is 1.59. The molecule has 10 heteroatoms. The summed E-state index contributed by atoms with van der Waals surface area (Å²) in [6, 6.07) is 7.52. The van der Waals surface area contributed by atoms with E-state index < -0.39 is 17.5 Å². The maximum Gasteiger partial charge on any atom is 0.259 e. The third-order valence-electron chi connectivity index (χ3n) is 5.03. The maximum absolute atomic E-state index is 14.1. The van der Waals surface area contributed by atoms with E-state index in [1.807, 2.05) is 0 Å². The Hall–Kier alpha value is -4.08. The number of nitrogens with zero attached hydrogens (tertiary/aromatic N) is 3. The van der Waals surface area contributed by atoms with Crippen LogP contribution in [0.3, 0.4) is 0 Å². The van der Waals surface area contributed by atoms with Gasteiger partial charge >= 0.3 is 0 Å². The van der Waals surface area contributed by atoms with E-state index in [0.717, 1.165) is 18.6 Å². The minimum Gasteiger partial charge on any atom is -0.463 e. The van der Waals surface area contributed by atoms with Crippen LogP contribution in [0.15, 0.2) is 51.9 Å². The zero-order valence-electron chi connectivity index (χ0n) is 16.0. The molecule has 156 valence electrons. The predicted octanol–water partition coefficient (Wildman–Crippen LogP) is 3.23. The van der Waals surface area contributed by atoms with Crippen LogP contribution in [0.1, 0.15) is 28.0 Å². The highest BCUT2D eigenvalue weighted by atomic mass is 19.1. The lowest BCUT2D eigenvalue weighted by Crippen LogP contribution is -2.21. The molecule has 0 saturated heterocycles. The lowest BCUT2D eigenvalue weighted by atomic mass is 10.2. The van der Waals surface area contributed by atoms with Gasteiger partial charge in [-0.1, -0.05) is 0 Å². The number of amides is 1. The first-order chi connectivity index (χ1) is 15.0. The number of carbonyl (C=O) groups is 1. The van der Waals surface area contributed by atoms with Gasteiger partial charge in [0, 0.05) is 17.7 Å². The lowest BCUT2D eigenvalue weighted by Gasteiger charge is -2.09. The zero-order chi connectivity index (χ0) is 21.5. The Morgan fingerprint density at radius 1 is 1.19 bits per heavy atom. The van der Waals surface area contributed by atoms with Gasteiger partial charge in [0.2, 0.25) is 5.95 Å². The largest absolute Gasteiger partial charge is 0.463 e. The summed E-state index contributed by atoms with van der Waals surface area (Å²) in [6.45, 7) is 0. The molecular weight excluding hydrogens is 408 g/mol. The van der Waals surface area contributed by atoms with Crippen LogP contribution < -0.4 is 10.9 Å². The van der Waals surface area contributed by atoms with Gasteiger partial charge in [-0.15, -0.1) is 0 Å². The molecular formula is C21H15F2N5O3. The van der Waals surface area contributed by atoms with Crippen molar-refractivity contribution in [3.05, 3.63) is 81.5 Å². The molecule has 0 radical (unpaired) electrons. The Morgan fingerprint density at radius 3 is 2.84 bits per heavy atom. The van der Waals surface area contributed by atoms with Gasteiger partial charge in [-0.2, -0.15) is 9.78 Å². The monoisotopic (exact) mass is 423 g/mol. The van der Waals surface area contributed by atoms with Crippen molar-refractivity contribution < 1.29 is 18.0 Å². The fourth-order valence-electron chi connectivity index (χ4n) is 3.56. The highest BCUT2D eigenvalue weighted by Gasteiger charge is 2.22. The van der Waals surface area contributed by atoms with E-state index >= 15 is 0 Å². The Kier molecular flexibility index (Phi) is 4.46. The first kappa shape index (κ1) is 18.9. The van der Waals surface area contributed by atoms with Crippen molar-refractivity contribution in [3.63, 3.8) is 0 Å². The molecule has 0 unspecified atom stereocenters. The zero-order valence-corrected chi connectivity index (χ0v) is 16.0. The first-order valence-corrected chi connectivity index (χ1v) is 9.52. The summed E-state index contributed by atoms with van der Waals surface area (Å²) in [5, 5.41) is 6.95.